The Hall–Kier alpha value is -0.750. The number of nitrogens with two attached hydrogens (primary N) is 1. The molecule has 0 aromatic carbocycles. The van der Waals surface area contributed by atoms with Gasteiger partial charge in [0, 0.05) is 37.0 Å². The van der Waals surface area contributed by atoms with Crippen molar-refractivity contribution in [2.24, 2.45) is 5.73 Å². The molecule has 1 atom stereocenters. The minimum Gasteiger partial charge on any atom is -0.393 e. The summed E-state index contributed by atoms with van der Waals surface area (Å²) in [4.78, 5) is 7.09. The summed E-state index contributed by atoms with van der Waals surface area (Å²) in [6.07, 6.45) is 0.697. The minimum atomic E-state index is 0.255. The van der Waals surface area contributed by atoms with Gasteiger partial charge in [-0.15, -0.1) is 0 Å². The van der Waals surface area contributed by atoms with Gasteiger partial charge in [0.15, 0.2) is 0 Å². The van der Waals surface area contributed by atoms with Crippen molar-refractivity contribution in [2.45, 2.75) is 39.2 Å². The molecule has 1 rings (SSSR count). The molecule has 0 saturated heterocycles. The summed E-state index contributed by atoms with van der Waals surface area (Å²) in [6.45, 7) is 6.25. The highest BCUT2D eigenvalue weighted by atomic mass is 32.1. The highest BCUT2D eigenvalue weighted by Gasteiger charge is 2.16. The first kappa shape index (κ1) is 13.3. The number of aromatic nitrogens is 2. The van der Waals surface area contributed by atoms with Gasteiger partial charge in [-0.2, -0.15) is 4.37 Å². The predicted molar refractivity (Wildman–Crippen MR) is 73.3 cm³/mol. The van der Waals surface area contributed by atoms with Crippen LogP contribution in [0.2, 0.25) is 0 Å². The third kappa shape index (κ3) is 3.38. The van der Waals surface area contributed by atoms with Crippen LogP contribution in [-0.2, 0) is 0 Å². The van der Waals surface area contributed by atoms with Crippen molar-refractivity contribution in [3.8, 4) is 0 Å². The number of anilines is 1. The Balaban J connectivity index is 2.71. The summed E-state index contributed by atoms with van der Waals surface area (Å²) >= 11 is 6.33. The molecule has 1 aromatic rings. The van der Waals surface area contributed by atoms with Crippen LogP contribution in [0, 0.1) is 0 Å². The zero-order valence-electron chi connectivity index (χ0n) is 10.1. The Bertz CT molecular complexity index is 361. The average molecular weight is 258 g/mol. The first-order valence-corrected chi connectivity index (χ1v) is 6.44. The standard InChI is InChI=1S/C10H18N4S2/c1-6(2)9-12-10(16-13-9)14(4)7(3)5-8(11)15/h6-7H,5H2,1-4H3,(H2,11,15). The molecule has 1 heterocycles. The van der Waals surface area contributed by atoms with E-state index in [9.17, 15) is 0 Å². The second kappa shape index (κ2) is 5.54. The van der Waals surface area contributed by atoms with E-state index in [1.165, 1.54) is 11.5 Å². The molecule has 4 nitrogen and oxygen atoms in total. The van der Waals surface area contributed by atoms with Crippen LogP contribution in [0.4, 0.5) is 5.13 Å². The number of thiocarbonyl (C=S) groups is 1. The zero-order valence-corrected chi connectivity index (χ0v) is 11.7. The fourth-order valence-electron chi connectivity index (χ4n) is 1.22. The highest BCUT2D eigenvalue weighted by molar-refractivity contribution is 7.80. The normalized spacial score (nSPS) is 12.8. The average Bonchev–Trinajstić information content (AvgIpc) is 2.64. The molecular weight excluding hydrogens is 240 g/mol. The van der Waals surface area contributed by atoms with Crippen LogP contribution in [0.15, 0.2) is 0 Å². The molecule has 0 saturated carbocycles. The number of hydrogen-bond acceptors (Lipinski definition) is 5. The van der Waals surface area contributed by atoms with Gasteiger partial charge >= 0.3 is 0 Å². The first-order chi connectivity index (χ1) is 7.41. The van der Waals surface area contributed by atoms with Crippen LogP contribution in [0.25, 0.3) is 0 Å². The Morgan fingerprint density at radius 3 is 2.56 bits per heavy atom. The molecule has 1 unspecified atom stereocenters. The zero-order chi connectivity index (χ0) is 12.3. The highest BCUT2D eigenvalue weighted by Crippen LogP contribution is 2.22. The van der Waals surface area contributed by atoms with Gasteiger partial charge in [-0.1, -0.05) is 26.1 Å². The van der Waals surface area contributed by atoms with Crippen molar-refractivity contribution >= 4 is 33.9 Å². The molecule has 0 aliphatic carbocycles. The largest absolute Gasteiger partial charge is 0.393 e. The monoisotopic (exact) mass is 258 g/mol. The van der Waals surface area contributed by atoms with Crippen LogP contribution < -0.4 is 10.6 Å². The summed E-state index contributed by atoms with van der Waals surface area (Å²) in [6, 6.07) is 0.255. The third-order valence-corrected chi connectivity index (χ3v) is 3.39. The second-order valence-electron chi connectivity index (χ2n) is 4.22. The third-order valence-electron chi connectivity index (χ3n) is 2.41. The lowest BCUT2D eigenvalue weighted by Gasteiger charge is -2.23. The molecule has 16 heavy (non-hydrogen) atoms. The Kier molecular flexibility index (Phi) is 4.61. The molecule has 0 aliphatic heterocycles. The second-order valence-corrected chi connectivity index (χ2v) is 5.47. The maximum atomic E-state index is 5.53. The van der Waals surface area contributed by atoms with Crippen molar-refractivity contribution in [1.29, 1.82) is 0 Å². The maximum absolute atomic E-state index is 5.53. The van der Waals surface area contributed by atoms with Gasteiger partial charge in [0.05, 0.1) is 4.99 Å². The van der Waals surface area contributed by atoms with E-state index in [0.29, 0.717) is 17.3 Å². The van der Waals surface area contributed by atoms with Crippen molar-refractivity contribution in [3.05, 3.63) is 5.82 Å². The van der Waals surface area contributed by atoms with Gasteiger partial charge in [0.25, 0.3) is 0 Å². The molecule has 90 valence electrons. The van der Waals surface area contributed by atoms with E-state index in [4.69, 9.17) is 18.0 Å². The summed E-state index contributed by atoms with van der Waals surface area (Å²) in [7, 11) is 1.99. The van der Waals surface area contributed by atoms with E-state index in [2.05, 4.69) is 35.0 Å². The molecule has 0 aliphatic rings. The smallest absolute Gasteiger partial charge is 0.205 e. The molecule has 0 bridgehead atoms. The van der Waals surface area contributed by atoms with Crippen molar-refractivity contribution in [1.82, 2.24) is 9.36 Å². The van der Waals surface area contributed by atoms with Crippen LogP contribution in [-0.4, -0.2) is 27.4 Å². The van der Waals surface area contributed by atoms with Gasteiger partial charge < -0.3 is 10.6 Å². The summed E-state index contributed by atoms with van der Waals surface area (Å²) in [5.41, 5.74) is 5.53. The number of rotatable bonds is 5. The minimum absolute atomic E-state index is 0.255. The van der Waals surface area contributed by atoms with Crippen molar-refractivity contribution < 1.29 is 0 Å². The van der Waals surface area contributed by atoms with Crippen LogP contribution >= 0.6 is 23.8 Å². The lowest BCUT2D eigenvalue weighted by atomic mass is 10.2. The summed E-state index contributed by atoms with van der Waals surface area (Å²) in [5, 5.41) is 0.924. The number of hydrogen-bond donors (Lipinski definition) is 1. The fourth-order valence-corrected chi connectivity index (χ4v) is 2.33. The lowest BCUT2D eigenvalue weighted by molar-refractivity contribution is 0.706. The van der Waals surface area contributed by atoms with Crippen molar-refractivity contribution in [3.63, 3.8) is 0 Å². The molecule has 1 aromatic heterocycles. The molecule has 6 heteroatoms. The molecule has 0 fully saturated rings. The van der Waals surface area contributed by atoms with E-state index < -0.39 is 0 Å². The molecule has 0 spiro atoms. The van der Waals surface area contributed by atoms with Gasteiger partial charge in [0.2, 0.25) is 5.13 Å². The Labute approximate surface area is 106 Å². The van der Waals surface area contributed by atoms with E-state index >= 15 is 0 Å². The number of nitrogens with zero attached hydrogens (tertiary/aromatic N) is 3. The van der Waals surface area contributed by atoms with Crippen LogP contribution in [0.3, 0.4) is 0 Å². The quantitative estimate of drug-likeness (QED) is 0.820. The molecule has 0 amide bonds. The fraction of sp³-hybridized carbons (Fsp3) is 0.700. The lowest BCUT2D eigenvalue weighted by Crippen LogP contribution is -2.32. The molecular formula is C10H18N4S2. The van der Waals surface area contributed by atoms with Gasteiger partial charge in [0.1, 0.15) is 5.82 Å². The van der Waals surface area contributed by atoms with Gasteiger partial charge in [-0.25, -0.2) is 4.98 Å². The van der Waals surface area contributed by atoms with Gasteiger partial charge in [-0.3, -0.25) is 0 Å². The van der Waals surface area contributed by atoms with Gasteiger partial charge in [-0.05, 0) is 6.92 Å². The van der Waals surface area contributed by atoms with E-state index in [1.807, 2.05) is 7.05 Å². The summed E-state index contributed by atoms with van der Waals surface area (Å²) < 4.78 is 4.32. The van der Waals surface area contributed by atoms with E-state index in [0.717, 1.165) is 11.0 Å². The topological polar surface area (TPSA) is 55.0 Å². The molecule has 0 radical (unpaired) electrons. The van der Waals surface area contributed by atoms with Crippen LogP contribution in [0.1, 0.15) is 38.9 Å². The predicted octanol–water partition coefficient (Wildman–Crippen LogP) is 2.16. The van der Waals surface area contributed by atoms with E-state index in [1.54, 1.807) is 0 Å². The summed E-state index contributed by atoms with van der Waals surface area (Å²) in [5.74, 6) is 1.26. The van der Waals surface area contributed by atoms with E-state index in [-0.39, 0.29) is 6.04 Å². The first-order valence-electron chi connectivity index (χ1n) is 5.26. The molecule has 2 N–H and O–H groups in total. The Morgan fingerprint density at radius 2 is 2.12 bits per heavy atom. The van der Waals surface area contributed by atoms with Crippen LogP contribution in [0.5, 0.6) is 0 Å². The van der Waals surface area contributed by atoms with Crippen molar-refractivity contribution in [2.75, 3.05) is 11.9 Å². The SMILES string of the molecule is CC(C)c1nsc(N(C)C(C)CC(N)=S)n1. The maximum Gasteiger partial charge on any atom is 0.205 e. The Morgan fingerprint density at radius 1 is 1.50 bits per heavy atom.